The van der Waals surface area contributed by atoms with Crippen molar-refractivity contribution < 1.29 is 0 Å². The van der Waals surface area contributed by atoms with Gasteiger partial charge in [0.1, 0.15) is 0 Å². The molecule has 1 unspecified atom stereocenters. The van der Waals surface area contributed by atoms with Gasteiger partial charge >= 0.3 is 0 Å². The molecule has 0 aromatic heterocycles. The molecule has 78 valence electrons. The summed E-state index contributed by atoms with van der Waals surface area (Å²) >= 11 is 3.60. The van der Waals surface area contributed by atoms with Gasteiger partial charge in [-0.05, 0) is 24.5 Å². The summed E-state index contributed by atoms with van der Waals surface area (Å²) in [4.78, 5) is 0.352. The zero-order chi connectivity index (χ0) is 10.8. The van der Waals surface area contributed by atoms with Crippen LogP contribution in [0.4, 0.5) is 0 Å². The van der Waals surface area contributed by atoms with E-state index in [4.69, 9.17) is 0 Å². The van der Waals surface area contributed by atoms with Gasteiger partial charge in [0.25, 0.3) is 0 Å². The number of hydrogen-bond donors (Lipinski definition) is 1. The van der Waals surface area contributed by atoms with Crippen LogP contribution in [0.1, 0.15) is 18.9 Å². The minimum absolute atomic E-state index is 0.352. The van der Waals surface area contributed by atoms with Gasteiger partial charge in [-0.15, -0.1) is 0 Å². The van der Waals surface area contributed by atoms with Gasteiger partial charge in [0, 0.05) is 11.4 Å². The molecule has 1 aromatic rings. The summed E-state index contributed by atoms with van der Waals surface area (Å²) in [6.07, 6.45) is 1.02. The van der Waals surface area contributed by atoms with Crippen LogP contribution in [0.5, 0.6) is 0 Å². The number of alkyl halides is 1. The normalized spacial score (nSPS) is 21.5. The van der Waals surface area contributed by atoms with Gasteiger partial charge in [-0.1, -0.05) is 52.8 Å². The number of hydrogen-bond acceptors (Lipinski definition) is 1. The fourth-order valence-corrected chi connectivity index (χ4v) is 2.36. The molecular formula is C13H14BrN. The van der Waals surface area contributed by atoms with Crippen LogP contribution in [0.2, 0.25) is 0 Å². The third kappa shape index (κ3) is 2.15. The molecule has 2 rings (SSSR count). The highest BCUT2D eigenvalue weighted by Crippen LogP contribution is 2.30. The Balaban J connectivity index is 2.37. The van der Waals surface area contributed by atoms with Gasteiger partial charge in [-0.25, -0.2) is 0 Å². The Labute approximate surface area is 99.0 Å². The third-order valence-corrected chi connectivity index (χ3v) is 3.51. The van der Waals surface area contributed by atoms with Crippen LogP contribution in [0.15, 0.2) is 48.2 Å². The van der Waals surface area contributed by atoms with Crippen molar-refractivity contribution in [2.24, 2.45) is 0 Å². The Morgan fingerprint density at radius 2 is 2.00 bits per heavy atom. The van der Waals surface area contributed by atoms with Crippen LogP contribution >= 0.6 is 15.9 Å². The summed E-state index contributed by atoms with van der Waals surface area (Å²) in [5.74, 6) is 0. The molecule has 1 heterocycles. The van der Waals surface area contributed by atoms with Crippen LogP contribution in [0.25, 0.3) is 5.70 Å². The first-order valence-electron chi connectivity index (χ1n) is 5.03. The van der Waals surface area contributed by atoms with Crippen molar-refractivity contribution in [2.75, 3.05) is 0 Å². The van der Waals surface area contributed by atoms with Crippen molar-refractivity contribution in [3.05, 3.63) is 53.7 Å². The van der Waals surface area contributed by atoms with Gasteiger partial charge in [0.05, 0.1) is 4.83 Å². The van der Waals surface area contributed by atoms with Gasteiger partial charge in [0.2, 0.25) is 0 Å². The zero-order valence-electron chi connectivity index (χ0n) is 8.76. The topological polar surface area (TPSA) is 12.0 Å². The number of rotatable bonds is 1. The summed E-state index contributed by atoms with van der Waals surface area (Å²) < 4.78 is 0. The molecule has 0 fully saturated rings. The first-order valence-corrected chi connectivity index (χ1v) is 5.95. The van der Waals surface area contributed by atoms with Gasteiger partial charge < -0.3 is 5.32 Å². The van der Waals surface area contributed by atoms with E-state index in [-0.39, 0.29) is 0 Å². The van der Waals surface area contributed by atoms with E-state index in [0.717, 1.165) is 12.1 Å². The van der Waals surface area contributed by atoms with Crippen LogP contribution in [-0.2, 0) is 0 Å². The molecule has 1 nitrogen and oxygen atoms in total. The number of allylic oxidation sites excluding steroid dienone is 2. The van der Waals surface area contributed by atoms with E-state index < -0.39 is 0 Å². The van der Waals surface area contributed by atoms with Crippen LogP contribution in [-0.4, -0.2) is 4.83 Å². The number of nitrogens with one attached hydrogen (secondary N) is 1. The third-order valence-electron chi connectivity index (χ3n) is 2.64. The van der Waals surface area contributed by atoms with Crippen LogP contribution < -0.4 is 5.32 Å². The van der Waals surface area contributed by atoms with Crippen molar-refractivity contribution in [1.82, 2.24) is 5.32 Å². The molecule has 0 spiro atoms. The monoisotopic (exact) mass is 263 g/mol. The van der Waals surface area contributed by atoms with E-state index in [1.165, 1.54) is 16.8 Å². The Bertz CT molecular complexity index is 406. The van der Waals surface area contributed by atoms with E-state index in [9.17, 15) is 0 Å². The van der Waals surface area contributed by atoms with Crippen molar-refractivity contribution in [3.63, 3.8) is 0 Å². The quantitative estimate of drug-likeness (QED) is 0.763. The molecule has 2 heteroatoms. The molecule has 15 heavy (non-hydrogen) atoms. The Morgan fingerprint density at radius 3 is 2.67 bits per heavy atom. The SMILES string of the molecule is C=C1NC(c2ccccc2)=C(C)CC1Br. The van der Waals surface area contributed by atoms with E-state index >= 15 is 0 Å². The van der Waals surface area contributed by atoms with Gasteiger partial charge in [-0.2, -0.15) is 0 Å². The fourth-order valence-electron chi connectivity index (χ4n) is 1.76. The molecule has 0 saturated heterocycles. The highest BCUT2D eigenvalue weighted by Gasteiger charge is 2.19. The maximum atomic E-state index is 4.01. The van der Waals surface area contributed by atoms with E-state index in [1.54, 1.807) is 0 Å². The fraction of sp³-hybridized carbons (Fsp3) is 0.231. The number of benzene rings is 1. The zero-order valence-corrected chi connectivity index (χ0v) is 10.3. The summed E-state index contributed by atoms with van der Waals surface area (Å²) in [6.45, 7) is 6.18. The molecule has 0 bridgehead atoms. The summed E-state index contributed by atoms with van der Waals surface area (Å²) in [7, 11) is 0. The van der Waals surface area contributed by atoms with Gasteiger partial charge in [0.15, 0.2) is 0 Å². The molecule has 0 saturated carbocycles. The number of halogens is 1. The smallest absolute Gasteiger partial charge is 0.0577 e. The standard InChI is InChI=1S/C13H14BrN/c1-9-8-12(14)10(2)15-13(9)11-6-4-3-5-7-11/h3-7,12,15H,2,8H2,1H3. The van der Waals surface area contributed by atoms with E-state index in [1.807, 2.05) is 6.07 Å². The van der Waals surface area contributed by atoms with Crippen molar-refractivity contribution in [2.45, 2.75) is 18.2 Å². The second-order valence-corrected chi connectivity index (χ2v) is 4.95. The molecule has 1 aromatic carbocycles. The summed E-state index contributed by atoms with van der Waals surface area (Å²) in [5, 5.41) is 3.37. The Kier molecular flexibility index (Phi) is 2.96. The lowest BCUT2D eigenvalue weighted by molar-refractivity contribution is 0.844. The molecule has 1 N–H and O–H groups in total. The van der Waals surface area contributed by atoms with Crippen molar-refractivity contribution in [3.8, 4) is 0 Å². The average molecular weight is 264 g/mol. The Hall–Kier alpha value is -1.02. The highest BCUT2D eigenvalue weighted by molar-refractivity contribution is 9.09. The van der Waals surface area contributed by atoms with Crippen LogP contribution in [0.3, 0.4) is 0 Å². The second-order valence-electron chi connectivity index (χ2n) is 3.84. The molecule has 1 aliphatic rings. The van der Waals surface area contributed by atoms with Crippen molar-refractivity contribution >= 4 is 21.6 Å². The van der Waals surface area contributed by atoms with E-state index in [2.05, 4.69) is 59.0 Å². The molecular weight excluding hydrogens is 250 g/mol. The van der Waals surface area contributed by atoms with Gasteiger partial charge in [-0.3, -0.25) is 0 Å². The lowest BCUT2D eigenvalue weighted by Gasteiger charge is -2.26. The first-order chi connectivity index (χ1) is 7.18. The second kappa shape index (κ2) is 4.23. The highest BCUT2D eigenvalue weighted by atomic mass is 79.9. The minimum Gasteiger partial charge on any atom is -0.358 e. The average Bonchev–Trinajstić information content (AvgIpc) is 2.25. The molecule has 0 amide bonds. The molecule has 1 aliphatic heterocycles. The maximum absolute atomic E-state index is 4.01. The first kappa shape index (κ1) is 10.5. The lowest BCUT2D eigenvalue weighted by atomic mass is 9.99. The maximum Gasteiger partial charge on any atom is 0.0577 e. The summed E-state index contributed by atoms with van der Waals surface area (Å²) in [6, 6.07) is 10.4. The predicted molar refractivity (Wildman–Crippen MR) is 68.6 cm³/mol. The summed E-state index contributed by atoms with van der Waals surface area (Å²) in [5.41, 5.74) is 4.85. The van der Waals surface area contributed by atoms with Crippen molar-refractivity contribution in [1.29, 1.82) is 0 Å². The Morgan fingerprint density at radius 1 is 1.33 bits per heavy atom. The van der Waals surface area contributed by atoms with Crippen LogP contribution in [0, 0.1) is 0 Å². The largest absolute Gasteiger partial charge is 0.358 e. The minimum atomic E-state index is 0.352. The molecule has 0 aliphatic carbocycles. The molecule has 0 radical (unpaired) electrons. The molecule has 1 atom stereocenters. The predicted octanol–water partition coefficient (Wildman–Crippen LogP) is 3.69. The lowest BCUT2D eigenvalue weighted by Crippen LogP contribution is -2.25. The van der Waals surface area contributed by atoms with E-state index in [0.29, 0.717) is 4.83 Å².